The van der Waals surface area contributed by atoms with Gasteiger partial charge >= 0.3 is 0 Å². The summed E-state index contributed by atoms with van der Waals surface area (Å²) in [6.07, 6.45) is 0.911. The molecule has 5 heteroatoms. The Hall–Kier alpha value is -0.520. The third-order valence-electron chi connectivity index (χ3n) is 2.49. The van der Waals surface area contributed by atoms with E-state index in [-0.39, 0.29) is 11.1 Å². The molecule has 98 valence electrons. The first-order chi connectivity index (χ1) is 7.74. The summed E-state index contributed by atoms with van der Waals surface area (Å²) < 4.78 is 5.39. The standard InChI is InChI=1S/C12H23N3OS/c1-11(2,3)13-8-7-9-14-15-10(17-9)12(4,5)16-6/h13H,7-8H2,1-6H3. The van der Waals surface area contributed by atoms with Gasteiger partial charge in [-0.05, 0) is 34.6 Å². The van der Waals surface area contributed by atoms with Crippen LogP contribution in [0.2, 0.25) is 0 Å². The highest BCUT2D eigenvalue weighted by atomic mass is 32.1. The van der Waals surface area contributed by atoms with E-state index < -0.39 is 0 Å². The van der Waals surface area contributed by atoms with Crippen LogP contribution in [0.3, 0.4) is 0 Å². The number of aromatic nitrogens is 2. The predicted molar refractivity (Wildman–Crippen MR) is 71.4 cm³/mol. The van der Waals surface area contributed by atoms with E-state index in [2.05, 4.69) is 36.3 Å². The van der Waals surface area contributed by atoms with E-state index in [4.69, 9.17) is 4.74 Å². The lowest BCUT2D eigenvalue weighted by atomic mass is 10.1. The molecular formula is C12H23N3OS. The van der Waals surface area contributed by atoms with Crippen molar-refractivity contribution >= 4 is 11.3 Å². The first-order valence-electron chi connectivity index (χ1n) is 5.87. The fourth-order valence-corrected chi connectivity index (χ4v) is 2.15. The Kier molecular flexibility index (Phi) is 4.63. The van der Waals surface area contributed by atoms with E-state index >= 15 is 0 Å². The lowest BCUT2D eigenvalue weighted by molar-refractivity contribution is 0.0185. The molecule has 0 aromatic carbocycles. The molecule has 1 rings (SSSR count). The average molecular weight is 257 g/mol. The number of methoxy groups -OCH3 is 1. The van der Waals surface area contributed by atoms with Crippen LogP contribution in [0.15, 0.2) is 0 Å². The fourth-order valence-electron chi connectivity index (χ4n) is 1.23. The van der Waals surface area contributed by atoms with Gasteiger partial charge in [0.15, 0.2) is 0 Å². The van der Waals surface area contributed by atoms with Crippen molar-refractivity contribution in [2.75, 3.05) is 13.7 Å². The maximum atomic E-state index is 5.39. The lowest BCUT2D eigenvalue weighted by Gasteiger charge is -2.20. The van der Waals surface area contributed by atoms with Gasteiger partial charge < -0.3 is 10.1 Å². The first-order valence-corrected chi connectivity index (χ1v) is 6.69. The highest BCUT2D eigenvalue weighted by Crippen LogP contribution is 2.26. The lowest BCUT2D eigenvalue weighted by Crippen LogP contribution is -2.37. The Labute approximate surface area is 108 Å². The van der Waals surface area contributed by atoms with Gasteiger partial charge in [-0.25, -0.2) is 0 Å². The average Bonchev–Trinajstić information content (AvgIpc) is 2.65. The Morgan fingerprint density at radius 3 is 2.35 bits per heavy atom. The topological polar surface area (TPSA) is 47.0 Å². The maximum absolute atomic E-state index is 5.39. The minimum absolute atomic E-state index is 0.152. The van der Waals surface area contributed by atoms with Gasteiger partial charge in [-0.2, -0.15) is 0 Å². The minimum atomic E-state index is -0.340. The van der Waals surface area contributed by atoms with Gasteiger partial charge in [0, 0.05) is 25.6 Å². The summed E-state index contributed by atoms with van der Waals surface area (Å²) in [4.78, 5) is 0. The molecule has 0 saturated carbocycles. The molecule has 0 atom stereocenters. The van der Waals surface area contributed by atoms with Crippen LogP contribution in [-0.2, 0) is 16.8 Å². The van der Waals surface area contributed by atoms with Crippen LogP contribution in [0.5, 0.6) is 0 Å². The van der Waals surface area contributed by atoms with Crippen molar-refractivity contribution in [2.24, 2.45) is 0 Å². The van der Waals surface area contributed by atoms with E-state index in [0.29, 0.717) is 0 Å². The quantitative estimate of drug-likeness (QED) is 0.879. The monoisotopic (exact) mass is 257 g/mol. The van der Waals surface area contributed by atoms with Crippen LogP contribution in [0, 0.1) is 0 Å². The van der Waals surface area contributed by atoms with E-state index in [9.17, 15) is 0 Å². The molecule has 0 radical (unpaired) electrons. The van der Waals surface area contributed by atoms with Gasteiger partial charge in [0.1, 0.15) is 15.6 Å². The van der Waals surface area contributed by atoms with Crippen molar-refractivity contribution in [3.63, 3.8) is 0 Å². The molecule has 0 fully saturated rings. The maximum Gasteiger partial charge on any atom is 0.148 e. The van der Waals surface area contributed by atoms with Crippen LogP contribution in [-0.4, -0.2) is 29.4 Å². The highest BCUT2D eigenvalue weighted by molar-refractivity contribution is 7.11. The van der Waals surface area contributed by atoms with Crippen molar-refractivity contribution in [3.05, 3.63) is 10.0 Å². The Morgan fingerprint density at radius 2 is 1.82 bits per heavy atom. The molecule has 0 aliphatic rings. The van der Waals surface area contributed by atoms with Crippen LogP contribution in [0.1, 0.15) is 44.6 Å². The van der Waals surface area contributed by atoms with E-state index in [1.807, 2.05) is 13.8 Å². The zero-order chi connectivity index (χ0) is 13.1. The first kappa shape index (κ1) is 14.5. The number of hydrogen-bond acceptors (Lipinski definition) is 5. The third-order valence-corrected chi connectivity index (χ3v) is 3.77. The normalized spacial score (nSPS) is 13.1. The molecular weight excluding hydrogens is 234 g/mol. The molecule has 1 aromatic heterocycles. The number of rotatable bonds is 5. The smallest absolute Gasteiger partial charge is 0.148 e. The second kappa shape index (κ2) is 5.42. The zero-order valence-electron chi connectivity index (χ0n) is 11.6. The minimum Gasteiger partial charge on any atom is -0.372 e. The number of ether oxygens (including phenoxy) is 1. The van der Waals surface area contributed by atoms with Gasteiger partial charge in [-0.15, -0.1) is 10.2 Å². The van der Waals surface area contributed by atoms with Crippen LogP contribution in [0.4, 0.5) is 0 Å². The molecule has 0 bridgehead atoms. The number of nitrogens with zero attached hydrogens (tertiary/aromatic N) is 2. The van der Waals surface area contributed by atoms with E-state index in [1.165, 1.54) is 0 Å². The summed E-state index contributed by atoms with van der Waals surface area (Å²) in [7, 11) is 1.70. The molecule has 0 spiro atoms. The predicted octanol–water partition coefficient (Wildman–Crippen LogP) is 2.35. The van der Waals surface area contributed by atoms with E-state index in [1.54, 1.807) is 18.4 Å². The van der Waals surface area contributed by atoms with Gasteiger partial charge in [-0.3, -0.25) is 0 Å². The molecule has 17 heavy (non-hydrogen) atoms. The molecule has 0 aliphatic carbocycles. The molecule has 0 amide bonds. The van der Waals surface area contributed by atoms with Gasteiger partial charge in [0.2, 0.25) is 0 Å². The highest BCUT2D eigenvalue weighted by Gasteiger charge is 2.24. The Morgan fingerprint density at radius 1 is 1.18 bits per heavy atom. The van der Waals surface area contributed by atoms with Crippen molar-refractivity contribution in [2.45, 2.75) is 52.2 Å². The molecule has 1 N–H and O–H groups in total. The second-order valence-corrected chi connectivity index (χ2v) is 6.70. The summed E-state index contributed by atoms with van der Waals surface area (Å²) in [5.74, 6) is 0. The van der Waals surface area contributed by atoms with Crippen molar-refractivity contribution in [1.82, 2.24) is 15.5 Å². The molecule has 0 saturated heterocycles. The second-order valence-electron chi connectivity index (χ2n) is 5.64. The van der Waals surface area contributed by atoms with Gasteiger partial charge in [-0.1, -0.05) is 11.3 Å². The Bertz CT molecular complexity index is 355. The van der Waals surface area contributed by atoms with Crippen LogP contribution in [0.25, 0.3) is 0 Å². The molecule has 0 aliphatic heterocycles. The summed E-state index contributed by atoms with van der Waals surface area (Å²) in [5.41, 5.74) is -0.188. The summed E-state index contributed by atoms with van der Waals surface area (Å²) in [6, 6.07) is 0. The summed E-state index contributed by atoms with van der Waals surface area (Å²) in [5, 5.41) is 13.8. The summed E-state index contributed by atoms with van der Waals surface area (Å²) in [6.45, 7) is 11.4. The zero-order valence-corrected chi connectivity index (χ0v) is 12.4. The molecule has 1 aromatic rings. The van der Waals surface area contributed by atoms with Crippen molar-refractivity contribution in [1.29, 1.82) is 0 Å². The van der Waals surface area contributed by atoms with Crippen molar-refractivity contribution in [3.8, 4) is 0 Å². The van der Waals surface area contributed by atoms with Gasteiger partial charge in [0.25, 0.3) is 0 Å². The van der Waals surface area contributed by atoms with Crippen LogP contribution >= 0.6 is 11.3 Å². The Balaban J connectivity index is 2.52. The largest absolute Gasteiger partial charge is 0.372 e. The summed E-state index contributed by atoms with van der Waals surface area (Å²) >= 11 is 1.63. The van der Waals surface area contributed by atoms with Crippen LogP contribution < -0.4 is 5.32 Å². The molecule has 1 heterocycles. The number of hydrogen-bond donors (Lipinski definition) is 1. The van der Waals surface area contributed by atoms with Crippen molar-refractivity contribution < 1.29 is 4.74 Å². The third kappa shape index (κ3) is 4.69. The number of nitrogens with one attached hydrogen (secondary N) is 1. The van der Waals surface area contributed by atoms with Gasteiger partial charge in [0.05, 0.1) is 0 Å². The molecule has 4 nitrogen and oxygen atoms in total. The SMILES string of the molecule is COC(C)(C)c1nnc(CCNC(C)(C)C)s1. The fraction of sp³-hybridized carbons (Fsp3) is 0.833. The molecule has 0 unspecified atom stereocenters. The van der Waals surface area contributed by atoms with E-state index in [0.717, 1.165) is 23.0 Å².